The number of thiazole rings is 1. The van der Waals surface area contributed by atoms with Crippen LogP contribution in [0.15, 0.2) is 52.4 Å². The molecule has 0 N–H and O–H groups in total. The number of carbonyl (C=O) groups is 2. The first-order chi connectivity index (χ1) is 17.3. The summed E-state index contributed by atoms with van der Waals surface area (Å²) in [5.74, 6) is -0.961. The highest BCUT2D eigenvalue weighted by atomic mass is 32.2. The van der Waals surface area contributed by atoms with Crippen molar-refractivity contribution in [3.63, 3.8) is 0 Å². The molecule has 0 saturated carbocycles. The molecule has 1 aliphatic heterocycles. The molecule has 1 aliphatic rings. The van der Waals surface area contributed by atoms with Crippen LogP contribution >= 0.6 is 11.3 Å². The van der Waals surface area contributed by atoms with Gasteiger partial charge in [-0.15, -0.1) is 0 Å². The van der Waals surface area contributed by atoms with Crippen LogP contribution in [-0.2, 0) is 30.8 Å². The molecule has 2 heterocycles. The van der Waals surface area contributed by atoms with Gasteiger partial charge in [-0.3, -0.25) is 4.79 Å². The van der Waals surface area contributed by atoms with Gasteiger partial charge in [-0.25, -0.2) is 13.2 Å². The smallest absolute Gasteiger partial charge is 0.337 e. The molecule has 1 aromatic heterocycles. The second-order valence-electron chi connectivity index (χ2n) is 8.44. The lowest BCUT2D eigenvalue weighted by Crippen LogP contribution is -2.40. The molecule has 1 saturated heterocycles. The fourth-order valence-electron chi connectivity index (χ4n) is 4.21. The van der Waals surface area contributed by atoms with Gasteiger partial charge in [-0.2, -0.15) is 9.30 Å². The Kier molecular flexibility index (Phi) is 8.04. The molecule has 2 aromatic carbocycles. The number of rotatable bonds is 8. The Morgan fingerprint density at radius 1 is 1.17 bits per heavy atom. The first kappa shape index (κ1) is 26.2. The van der Waals surface area contributed by atoms with Crippen LogP contribution < -0.4 is 4.80 Å². The molecule has 0 spiro atoms. The number of aromatic nitrogens is 1. The Bertz CT molecular complexity index is 1440. The second-order valence-corrected chi connectivity index (χ2v) is 11.3. The lowest BCUT2D eigenvalue weighted by molar-refractivity contribution is -0.121. The topological polar surface area (TPSA) is 107 Å². The largest absolute Gasteiger partial charge is 0.465 e. The van der Waals surface area contributed by atoms with Gasteiger partial charge < -0.3 is 14.0 Å². The van der Waals surface area contributed by atoms with Gasteiger partial charge in [0.1, 0.15) is 6.04 Å². The van der Waals surface area contributed by atoms with E-state index < -0.39 is 27.9 Å². The van der Waals surface area contributed by atoms with Crippen LogP contribution in [0.25, 0.3) is 10.2 Å². The molecule has 0 radical (unpaired) electrons. The first-order valence-corrected chi connectivity index (χ1v) is 14.0. The van der Waals surface area contributed by atoms with Crippen LogP contribution in [0.2, 0.25) is 0 Å². The van der Waals surface area contributed by atoms with E-state index in [2.05, 4.69) is 4.99 Å². The van der Waals surface area contributed by atoms with Gasteiger partial charge in [0.25, 0.3) is 5.91 Å². The molecule has 9 nitrogen and oxygen atoms in total. The number of fused-ring (bicyclic) bond motifs is 1. The van der Waals surface area contributed by atoms with Crippen LogP contribution in [0, 0.1) is 6.92 Å². The second kappa shape index (κ2) is 11.0. The van der Waals surface area contributed by atoms with E-state index in [9.17, 15) is 18.0 Å². The molecule has 36 heavy (non-hydrogen) atoms. The molecule has 1 atom stereocenters. The third kappa shape index (κ3) is 5.29. The van der Waals surface area contributed by atoms with Gasteiger partial charge in [-0.05, 0) is 57.0 Å². The van der Waals surface area contributed by atoms with Crippen molar-refractivity contribution >= 4 is 43.5 Å². The standard InChI is InChI=1S/C25H29N3O6S2/c1-4-34-15-14-27-20-12-9-18(24(30)33-3)16-22(20)35-25(27)26-23(29)21-6-5-13-28(21)36(31,32)19-10-7-17(2)8-11-19/h7-12,16,21H,4-6,13-15H2,1-3H3. The Morgan fingerprint density at radius 3 is 2.61 bits per heavy atom. The third-order valence-corrected chi connectivity index (χ3v) is 9.05. The van der Waals surface area contributed by atoms with E-state index in [4.69, 9.17) is 9.47 Å². The van der Waals surface area contributed by atoms with Gasteiger partial charge in [-0.1, -0.05) is 29.0 Å². The zero-order chi connectivity index (χ0) is 25.9. The Morgan fingerprint density at radius 2 is 1.92 bits per heavy atom. The molecular weight excluding hydrogens is 502 g/mol. The van der Waals surface area contributed by atoms with E-state index in [1.807, 2.05) is 18.4 Å². The lowest BCUT2D eigenvalue weighted by Gasteiger charge is -2.21. The Labute approximate surface area is 214 Å². The summed E-state index contributed by atoms with van der Waals surface area (Å²) in [4.78, 5) is 30.3. The van der Waals surface area contributed by atoms with Crippen molar-refractivity contribution in [2.24, 2.45) is 4.99 Å². The van der Waals surface area contributed by atoms with Crippen molar-refractivity contribution in [1.29, 1.82) is 0 Å². The number of sulfonamides is 1. The summed E-state index contributed by atoms with van der Waals surface area (Å²) < 4.78 is 40.8. The van der Waals surface area contributed by atoms with Crippen molar-refractivity contribution in [2.75, 3.05) is 26.9 Å². The molecule has 0 aliphatic carbocycles. The quantitative estimate of drug-likeness (QED) is 0.327. The number of methoxy groups -OCH3 is 1. The summed E-state index contributed by atoms with van der Waals surface area (Å²) in [7, 11) is -2.51. The maximum Gasteiger partial charge on any atom is 0.337 e. The fourth-order valence-corrected chi connectivity index (χ4v) is 6.96. The summed E-state index contributed by atoms with van der Waals surface area (Å²) in [5.41, 5.74) is 2.15. The van der Waals surface area contributed by atoms with Crippen molar-refractivity contribution in [1.82, 2.24) is 8.87 Å². The van der Waals surface area contributed by atoms with Crippen LogP contribution in [0.3, 0.4) is 0 Å². The highest BCUT2D eigenvalue weighted by Gasteiger charge is 2.39. The number of benzene rings is 2. The number of hydrogen-bond acceptors (Lipinski definition) is 7. The number of aryl methyl sites for hydroxylation is 1. The number of ether oxygens (including phenoxy) is 2. The van der Waals surface area contributed by atoms with Gasteiger partial charge >= 0.3 is 5.97 Å². The van der Waals surface area contributed by atoms with Crippen LogP contribution in [-0.4, -0.2) is 62.1 Å². The van der Waals surface area contributed by atoms with Gasteiger partial charge in [0.2, 0.25) is 10.0 Å². The van der Waals surface area contributed by atoms with E-state index in [0.717, 1.165) is 15.8 Å². The predicted octanol–water partition coefficient (Wildman–Crippen LogP) is 3.11. The molecular formula is C25H29N3O6S2. The lowest BCUT2D eigenvalue weighted by atomic mass is 10.2. The number of nitrogens with zero attached hydrogens (tertiary/aromatic N) is 3. The first-order valence-electron chi connectivity index (χ1n) is 11.7. The Balaban J connectivity index is 1.71. The zero-order valence-corrected chi connectivity index (χ0v) is 22.1. The molecule has 0 bridgehead atoms. The normalized spacial score (nSPS) is 17.1. The van der Waals surface area contributed by atoms with Crippen molar-refractivity contribution < 1.29 is 27.5 Å². The molecule has 3 aromatic rings. The van der Waals surface area contributed by atoms with E-state index >= 15 is 0 Å². The van der Waals surface area contributed by atoms with E-state index in [1.165, 1.54) is 22.8 Å². The minimum absolute atomic E-state index is 0.164. The van der Waals surface area contributed by atoms with E-state index in [-0.39, 0.29) is 11.4 Å². The molecule has 192 valence electrons. The van der Waals surface area contributed by atoms with Crippen LogP contribution in [0.1, 0.15) is 35.7 Å². The van der Waals surface area contributed by atoms with E-state index in [1.54, 1.807) is 42.5 Å². The average Bonchev–Trinajstić information content (AvgIpc) is 3.49. The molecule has 11 heteroatoms. The van der Waals surface area contributed by atoms with Crippen molar-refractivity contribution in [3.05, 3.63) is 58.4 Å². The number of amides is 1. The number of carbonyl (C=O) groups excluding carboxylic acids is 2. The fraction of sp³-hybridized carbons (Fsp3) is 0.400. The van der Waals surface area contributed by atoms with Crippen LogP contribution in [0.4, 0.5) is 0 Å². The minimum atomic E-state index is -3.83. The highest BCUT2D eigenvalue weighted by Crippen LogP contribution is 2.27. The highest BCUT2D eigenvalue weighted by molar-refractivity contribution is 7.89. The number of esters is 1. The van der Waals surface area contributed by atoms with Gasteiger partial charge in [0.05, 0.1) is 34.4 Å². The zero-order valence-electron chi connectivity index (χ0n) is 20.5. The Hall–Kier alpha value is -2.86. The molecule has 4 rings (SSSR count). The van der Waals surface area contributed by atoms with Gasteiger partial charge in [0, 0.05) is 19.7 Å². The number of hydrogen-bond donors (Lipinski definition) is 0. The van der Waals surface area contributed by atoms with Gasteiger partial charge in [0.15, 0.2) is 4.80 Å². The summed E-state index contributed by atoms with van der Waals surface area (Å²) in [6.07, 6.45) is 0.986. The molecule has 1 unspecified atom stereocenters. The maximum atomic E-state index is 13.4. The summed E-state index contributed by atoms with van der Waals surface area (Å²) in [5, 5.41) is 0. The summed E-state index contributed by atoms with van der Waals surface area (Å²) >= 11 is 1.26. The molecule has 1 fully saturated rings. The summed E-state index contributed by atoms with van der Waals surface area (Å²) in [6, 6.07) is 10.9. The SMILES string of the molecule is CCOCCn1c(=NC(=O)C2CCCN2S(=O)(=O)c2ccc(C)cc2)sc2cc(C(=O)OC)ccc21. The van der Waals surface area contributed by atoms with Crippen molar-refractivity contribution in [2.45, 2.75) is 44.2 Å². The molecule has 1 amide bonds. The predicted molar refractivity (Wildman–Crippen MR) is 136 cm³/mol. The van der Waals surface area contributed by atoms with Crippen molar-refractivity contribution in [3.8, 4) is 0 Å². The third-order valence-electron chi connectivity index (χ3n) is 6.09. The van der Waals surface area contributed by atoms with Crippen LogP contribution in [0.5, 0.6) is 0 Å². The average molecular weight is 532 g/mol. The minimum Gasteiger partial charge on any atom is -0.465 e. The maximum absolute atomic E-state index is 13.4. The monoisotopic (exact) mass is 531 g/mol. The van der Waals surface area contributed by atoms with E-state index in [0.29, 0.717) is 43.0 Å². The summed E-state index contributed by atoms with van der Waals surface area (Å²) in [6.45, 7) is 5.47.